The van der Waals surface area contributed by atoms with Gasteiger partial charge in [0.05, 0.1) is 12.1 Å². The highest BCUT2D eigenvalue weighted by Gasteiger charge is 2.49. The van der Waals surface area contributed by atoms with Gasteiger partial charge in [-0.05, 0) is 25.0 Å². The standard InChI is InChI=1S/C19H23N3O2.C2HF3O2/c1-24-13-12-22-11-9-19(22)8-10-21(14-19)18(23)17-7-6-15-4-2-3-5-16(15)20-17;3-2(4,5)1(6)7/h2-7H,8-14H2,1H3;(H,6,7). The van der Waals surface area contributed by atoms with Crippen molar-refractivity contribution in [1.29, 1.82) is 0 Å². The number of alkyl halides is 3. The van der Waals surface area contributed by atoms with Gasteiger partial charge in [-0.1, -0.05) is 24.3 Å². The maximum absolute atomic E-state index is 12.9. The average molecular weight is 439 g/mol. The molecule has 3 heterocycles. The number of rotatable bonds is 4. The maximum atomic E-state index is 12.9. The molecule has 10 heteroatoms. The Morgan fingerprint density at radius 3 is 2.45 bits per heavy atom. The molecule has 31 heavy (non-hydrogen) atoms. The number of hydrogen-bond acceptors (Lipinski definition) is 5. The van der Waals surface area contributed by atoms with Crippen molar-refractivity contribution >= 4 is 22.8 Å². The number of aliphatic carboxylic acids is 1. The zero-order valence-corrected chi connectivity index (χ0v) is 17.1. The van der Waals surface area contributed by atoms with Crippen LogP contribution in [0.1, 0.15) is 23.3 Å². The molecule has 0 saturated carbocycles. The fraction of sp³-hybridized carbons (Fsp3) is 0.476. The number of carbonyl (C=O) groups is 2. The van der Waals surface area contributed by atoms with E-state index in [1.165, 1.54) is 6.42 Å². The molecule has 2 saturated heterocycles. The molecule has 1 N–H and O–H groups in total. The molecule has 7 nitrogen and oxygen atoms in total. The SMILES string of the molecule is COCCN1CCC12CCN(C(=O)c1ccc3ccccc3n1)C2.O=C(O)C(F)(F)F. The number of carboxylic acid groups (broad SMARTS) is 1. The lowest BCUT2D eigenvalue weighted by Crippen LogP contribution is -2.62. The van der Waals surface area contributed by atoms with Crippen LogP contribution in [0.3, 0.4) is 0 Å². The number of nitrogens with zero attached hydrogens (tertiary/aromatic N) is 3. The second-order valence-corrected chi connectivity index (χ2v) is 7.62. The molecule has 2 aromatic rings. The van der Waals surface area contributed by atoms with Crippen molar-refractivity contribution in [2.75, 3.05) is 39.9 Å². The van der Waals surface area contributed by atoms with Gasteiger partial charge in [0.2, 0.25) is 0 Å². The number of fused-ring (bicyclic) bond motifs is 1. The van der Waals surface area contributed by atoms with Crippen LogP contribution in [0.15, 0.2) is 36.4 Å². The molecular formula is C21H24F3N3O4. The van der Waals surface area contributed by atoms with Gasteiger partial charge in [-0.25, -0.2) is 9.78 Å². The second kappa shape index (κ2) is 9.19. The van der Waals surface area contributed by atoms with Gasteiger partial charge in [0.15, 0.2) is 0 Å². The van der Waals surface area contributed by atoms with Crippen LogP contribution in [0.4, 0.5) is 13.2 Å². The highest BCUT2D eigenvalue weighted by Crippen LogP contribution is 2.39. The third-order valence-electron chi connectivity index (χ3n) is 5.76. The van der Waals surface area contributed by atoms with Crippen molar-refractivity contribution in [3.63, 3.8) is 0 Å². The average Bonchev–Trinajstić information content (AvgIpc) is 3.20. The number of carbonyl (C=O) groups excluding carboxylic acids is 1. The number of methoxy groups -OCH3 is 1. The molecule has 1 atom stereocenters. The van der Waals surface area contributed by atoms with Crippen LogP contribution in [-0.2, 0) is 9.53 Å². The molecule has 168 valence electrons. The summed E-state index contributed by atoms with van der Waals surface area (Å²) >= 11 is 0. The summed E-state index contributed by atoms with van der Waals surface area (Å²) in [7, 11) is 1.74. The van der Waals surface area contributed by atoms with Crippen molar-refractivity contribution in [2.45, 2.75) is 24.6 Å². The first kappa shape index (κ1) is 23.0. The van der Waals surface area contributed by atoms with Gasteiger partial charge in [0, 0.05) is 44.2 Å². The van der Waals surface area contributed by atoms with Gasteiger partial charge in [0.25, 0.3) is 5.91 Å². The highest BCUT2D eigenvalue weighted by molar-refractivity contribution is 5.95. The molecule has 0 aliphatic carbocycles. The van der Waals surface area contributed by atoms with Gasteiger partial charge < -0.3 is 14.7 Å². The van der Waals surface area contributed by atoms with E-state index in [4.69, 9.17) is 14.6 Å². The van der Waals surface area contributed by atoms with Gasteiger partial charge >= 0.3 is 12.1 Å². The maximum Gasteiger partial charge on any atom is 0.490 e. The first-order chi connectivity index (χ1) is 14.7. The molecule has 1 unspecified atom stereocenters. The third-order valence-corrected chi connectivity index (χ3v) is 5.76. The normalized spacial score (nSPS) is 21.0. The number of carboxylic acids is 1. The van der Waals surface area contributed by atoms with Crippen molar-refractivity contribution in [2.24, 2.45) is 0 Å². The van der Waals surface area contributed by atoms with Crippen molar-refractivity contribution in [3.8, 4) is 0 Å². The predicted octanol–water partition coefficient (Wildman–Crippen LogP) is 2.80. The molecule has 0 bridgehead atoms. The quantitative estimate of drug-likeness (QED) is 0.789. The minimum Gasteiger partial charge on any atom is -0.475 e. The van der Waals surface area contributed by atoms with E-state index in [2.05, 4.69) is 9.88 Å². The number of para-hydroxylation sites is 1. The summed E-state index contributed by atoms with van der Waals surface area (Å²) in [5.74, 6) is -2.70. The summed E-state index contributed by atoms with van der Waals surface area (Å²) in [6, 6.07) is 11.7. The van der Waals surface area contributed by atoms with Crippen LogP contribution in [0.2, 0.25) is 0 Å². The predicted molar refractivity (Wildman–Crippen MR) is 107 cm³/mol. The van der Waals surface area contributed by atoms with E-state index >= 15 is 0 Å². The smallest absolute Gasteiger partial charge is 0.475 e. The van der Waals surface area contributed by atoms with E-state index in [-0.39, 0.29) is 11.4 Å². The Morgan fingerprint density at radius 1 is 1.16 bits per heavy atom. The molecule has 0 radical (unpaired) electrons. The number of aromatic nitrogens is 1. The Bertz CT molecular complexity index is 953. The highest BCUT2D eigenvalue weighted by atomic mass is 19.4. The third kappa shape index (κ3) is 5.13. The molecule has 1 spiro atoms. The Hall–Kier alpha value is -2.72. The van der Waals surface area contributed by atoms with E-state index < -0.39 is 12.1 Å². The first-order valence-corrected chi connectivity index (χ1v) is 9.85. The van der Waals surface area contributed by atoms with Crippen LogP contribution in [-0.4, -0.2) is 83.4 Å². The van der Waals surface area contributed by atoms with Crippen LogP contribution < -0.4 is 0 Å². The minimum absolute atomic E-state index is 0.0521. The Kier molecular flexibility index (Phi) is 6.80. The second-order valence-electron chi connectivity index (χ2n) is 7.62. The van der Waals surface area contributed by atoms with Crippen molar-refractivity contribution in [3.05, 3.63) is 42.1 Å². The van der Waals surface area contributed by atoms with Crippen LogP contribution in [0.5, 0.6) is 0 Å². The number of hydrogen-bond donors (Lipinski definition) is 1. The van der Waals surface area contributed by atoms with Gasteiger partial charge in [-0.2, -0.15) is 13.2 Å². The van der Waals surface area contributed by atoms with E-state index in [0.29, 0.717) is 5.69 Å². The van der Waals surface area contributed by atoms with Gasteiger partial charge in [-0.15, -0.1) is 0 Å². The lowest BCUT2D eigenvalue weighted by atomic mass is 9.84. The minimum atomic E-state index is -5.08. The van der Waals surface area contributed by atoms with E-state index in [0.717, 1.165) is 50.1 Å². The van der Waals surface area contributed by atoms with Gasteiger partial charge in [-0.3, -0.25) is 9.69 Å². The molecule has 1 amide bonds. The summed E-state index contributed by atoms with van der Waals surface area (Å²) in [5.41, 5.74) is 1.60. The Balaban J connectivity index is 0.000000339. The molecule has 1 aromatic heterocycles. The van der Waals surface area contributed by atoms with Crippen molar-refractivity contribution < 1.29 is 32.6 Å². The Morgan fingerprint density at radius 2 is 1.84 bits per heavy atom. The van der Waals surface area contributed by atoms with Crippen molar-refractivity contribution in [1.82, 2.24) is 14.8 Å². The molecule has 1 aromatic carbocycles. The molecule has 2 aliphatic heterocycles. The zero-order valence-electron chi connectivity index (χ0n) is 17.1. The summed E-state index contributed by atoms with van der Waals surface area (Å²) < 4.78 is 36.9. The fourth-order valence-electron chi connectivity index (χ4n) is 3.98. The zero-order chi connectivity index (χ0) is 22.6. The van der Waals surface area contributed by atoms with Crippen LogP contribution in [0.25, 0.3) is 10.9 Å². The number of halogens is 3. The summed E-state index contributed by atoms with van der Waals surface area (Å²) in [6.45, 7) is 4.44. The molecule has 4 rings (SSSR count). The number of pyridine rings is 1. The van der Waals surface area contributed by atoms with Crippen LogP contribution in [0, 0.1) is 0 Å². The molecule has 2 aliphatic rings. The Labute approximate surface area is 177 Å². The lowest BCUT2D eigenvalue weighted by Gasteiger charge is -2.50. The molecular weight excluding hydrogens is 415 g/mol. The number of amides is 1. The first-order valence-electron chi connectivity index (χ1n) is 9.85. The largest absolute Gasteiger partial charge is 0.490 e. The van der Waals surface area contributed by atoms with E-state index in [9.17, 15) is 18.0 Å². The summed E-state index contributed by atoms with van der Waals surface area (Å²) in [5, 5.41) is 8.19. The van der Waals surface area contributed by atoms with E-state index in [1.54, 1.807) is 7.11 Å². The fourth-order valence-corrected chi connectivity index (χ4v) is 3.98. The summed E-state index contributed by atoms with van der Waals surface area (Å²) in [6.07, 6.45) is -2.86. The monoisotopic (exact) mass is 439 g/mol. The summed E-state index contributed by atoms with van der Waals surface area (Å²) in [4.78, 5) is 30.7. The number of likely N-dealkylation sites (tertiary alicyclic amines) is 2. The number of benzene rings is 1. The van der Waals surface area contributed by atoms with Gasteiger partial charge in [0.1, 0.15) is 5.69 Å². The number of ether oxygens (including phenoxy) is 1. The lowest BCUT2D eigenvalue weighted by molar-refractivity contribution is -0.192. The van der Waals surface area contributed by atoms with E-state index in [1.807, 2.05) is 41.3 Å². The topological polar surface area (TPSA) is 83.0 Å². The molecule has 2 fully saturated rings. The van der Waals surface area contributed by atoms with Crippen LogP contribution >= 0.6 is 0 Å².